The molecule has 8 nitrogen and oxygen atoms in total. The van der Waals surface area contributed by atoms with E-state index >= 15 is 0 Å². The lowest BCUT2D eigenvalue weighted by Crippen LogP contribution is -2.26. The highest BCUT2D eigenvalue weighted by atomic mass is 35.5. The van der Waals surface area contributed by atoms with E-state index < -0.39 is 30.5 Å². The Bertz CT molecular complexity index is 1030. The van der Waals surface area contributed by atoms with E-state index in [9.17, 15) is 26.9 Å². The molecule has 0 aromatic heterocycles. The number of nitro benzene ring substituents is 1. The lowest BCUT2D eigenvalue weighted by Gasteiger charge is -2.19. The quantitative estimate of drug-likeness (QED) is 0.558. The normalized spacial score (nSPS) is 12.0. The largest absolute Gasteiger partial charge is 0.289 e. The Balaban J connectivity index is 2.46. The summed E-state index contributed by atoms with van der Waals surface area (Å²) in [4.78, 5) is 9.89. The summed E-state index contributed by atoms with van der Waals surface area (Å²) in [5, 5.41) is 10.8. The van der Waals surface area contributed by atoms with Crippen LogP contribution in [-0.2, 0) is 19.9 Å². The van der Waals surface area contributed by atoms with Gasteiger partial charge in [-0.3, -0.25) is 14.4 Å². The third-order valence-electron chi connectivity index (χ3n) is 3.40. The van der Waals surface area contributed by atoms with Crippen LogP contribution >= 0.6 is 11.6 Å². The van der Waals surface area contributed by atoms with E-state index in [-0.39, 0.29) is 20.5 Å². The minimum atomic E-state index is -4.09. The van der Waals surface area contributed by atoms with Gasteiger partial charge < -0.3 is 0 Å². The Hall–Kier alpha value is -2.17. The molecule has 0 radical (unpaired) electrons. The maximum absolute atomic E-state index is 12.6. The van der Waals surface area contributed by atoms with E-state index in [4.69, 9.17) is 11.6 Å². The first kappa shape index (κ1) is 19.2. The molecular weight excluding hydrogens is 392 g/mol. The molecule has 0 N–H and O–H groups in total. The van der Waals surface area contributed by atoms with E-state index in [0.29, 0.717) is 0 Å². The number of sulfonamides is 1. The Labute approximate surface area is 149 Å². The number of nitrogens with zero attached hydrogens (tertiary/aromatic N) is 2. The molecule has 0 bridgehead atoms. The first-order chi connectivity index (χ1) is 11.4. The van der Waals surface area contributed by atoms with Crippen LogP contribution in [0, 0.1) is 10.1 Å². The molecular formula is C14H13ClN2O6S2. The minimum absolute atomic E-state index is 0.0455. The second kappa shape index (κ2) is 6.62. The maximum Gasteiger partial charge on any atom is 0.289 e. The SMILES string of the molecule is CN(c1ccc(S(C)(=O)=O)cc1)S(=O)(=O)c1ccc(Cl)c([N+](=O)[O-])c1. The van der Waals surface area contributed by atoms with E-state index in [2.05, 4.69) is 0 Å². The van der Waals surface area contributed by atoms with Gasteiger partial charge in [-0.25, -0.2) is 16.8 Å². The standard InChI is InChI=1S/C14H13ClN2O6S2/c1-16(10-3-5-11(6-4-10)24(2,20)21)25(22,23)12-7-8-13(15)14(9-12)17(18)19/h3-9H,1-2H3. The fourth-order valence-electron chi connectivity index (χ4n) is 1.99. The monoisotopic (exact) mass is 404 g/mol. The lowest BCUT2D eigenvalue weighted by molar-refractivity contribution is -0.384. The number of sulfone groups is 1. The number of nitro groups is 1. The summed E-state index contributed by atoms with van der Waals surface area (Å²) in [6.07, 6.45) is 1.04. The van der Waals surface area contributed by atoms with Crippen LogP contribution in [0.15, 0.2) is 52.3 Å². The highest BCUT2D eigenvalue weighted by molar-refractivity contribution is 7.92. The van der Waals surface area contributed by atoms with Crippen LogP contribution in [0.25, 0.3) is 0 Å². The molecule has 2 aromatic rings. The van der Waals surface area contributed by atoms with Crippen molar-refractivity contribution >= 4 is 42.8 Å². The molecule has 2 rings (SSSR count). The van der Waals surface area contributed by atoms with Crippen molar-refractivity contribution in [1.82, 2.24) is 0 Å². The van der Waals surface area contributed by atoms with Gasteiger partial charge in [-0.15, -0.1) is 0 Å². The van der Waals surface area contributed by atoms with Crippen molar-refractivity contribution in [1.29, 1.82) is 0 Å². The molecule has 0 amide bonds. The van der Waals surface area contributed by atoms with Gasteiger partial charge in [0.25, 0.3) is 15.7 Å². The minimum Gasteiger partial charge on any atom is -0.269 e. The highest BCUT2D eigenvalue weighted by Gasteiger charge is 2.25. The van der Waals surface area contributed by atoms with Gasteiger partial charge in [-0.05, 0) is 36.4 Å². The predicted molar refractivity (Wildman–Crippen MR) is 93.2 cm³/mol. The summed E-state index contributed by atoms with van der Waals surface area (Å²) >= 11 is 5.69. The van der Waals surface area contributed by atoms with Gasteiger partial charge in [0.15, 0.2) is 9.84 Å². The molecule has 25 heavy (non-hydrogen) atoms. The topological polar surface area (TPSA) is 115 Å². The number of benzene rings is 2. The molecule has 0 unspecified atom stereocenters. The second-order valence-corrected chi connectivity index (χ2v) is 9.50. The molecule has 0 fully saturated rings. The van der Waals surface area contributed by atoms with Crippen molar-refractivity contribution in [3.05, 3.63) is 57.6 Å². The zero-order chi connectivity index (χ0) is 19.0. The van der Waals surface area contributed by atoms with E-state index in [0.717, 1.165) is 28.8 Å². The van der Waals surface area contributed by atoms with Gasteiger partial charge in [0.1, 0.15) is 5.02 Å². The van der Waals surface area contributed by atoms with Crippen LogP contribution < -0.4 is 4.31 Å². The van der Waals surface area contributed by atoms with E-state index in [1.165, 1.54) is 31.3 Å². The Morgan fingerprint density at radius 2 is 1.52 bits per heavy atom. The highest BCUT2D eigenvalue weighted by Crippen LogP contribution is 2.30. The first-order valence-corrected chi connectivity index (χ1v) is 10.4. The fourth-order valence-corrected chi connectivity index (χ4v) is 4.03. The number of rotatable bonds is 5. The number of hydrogen-bond donors (Lipinski definition) is 0. The summed E-state index contributed by atoms with van der Waals surface area (Å²) < 4.78 is 49.1. The summed E-state index contributed by atoms with van der Waals surface area (Å²) in [5.41, 5.74) is -0.325. The van der Waals surface area contributed by atoms with Crippen LogP contribution in [0.2, 0.25) is 5.02 Å². The summed E-state index contributed by atoms with van der Waals surface area (Å²) in [5.74, 6) is 0. The number of hydrogen-bond acceptors (Lipinski definition) is 6. The van der Waals surface area contributed by atoms with Crippen molar-refractivity contribution in [2.75, 3.05) is 17.6 Å². The molecule has 2 aromatic carbocycles. The Morgan fingerprint density at radius 3 is 2.00 bits per heavy atom. The second-order valence-electron chi connectivity index (χ2n) is 5.11. The summed E-state index contributed by atoms with van der Waals surface area (Å²) in [6.45, 7) is 0. The van der Waals surface area contributed by atoms with Crippen LogP contribution in [0.3, 0.4) is 0 Å². The summed E-state index contributed by atoms with van der Waals surface area (Å²) in [7, 11) is -6.25. The fraction of sp³-hybridized carbons (Fsp3) is 0.143. The number of anilines is 1. The van der Waals surface area contributed by atoms with Gasteiger partial charge in [-0.1, -0.05) is 11.6 Å². The van der Waals surface area contributed by atoms with Crippen molar-refractivity contribution in [2.24, 2.45) is 0 Å². The van der Waals surface area contributed by atoms with Crippen LogP contribution in [0.4, 0.5) is 11.4 Å². The zero-order valence-corrected chi connectivity index (χ0v) is 15.5. The van der Waals surface area contributed by atoms with Crippen molar-refractivity contribution in [3.63, 3.8) is 0 Å². The Morgan fingerprint density at radius 1 is 1.00 bits per heavy atom. The van der Waals surface area contributed by atoms with Gasteiger partial charge in [0.2, 0.25) is 0 Å². The summed E-state index contributed by atoms with van der Waals surface area (Å²) in [6, 6.07) is 8.39. The van der Waals surface area contributed by atoms with Crippen molar-refractivity contribution < 1.29 is 21.8 Å². The van der Waals surface area contributed by atoms with Gasteiger partial charge in [0.05, 0.1) is 20.4 Å². The first-order valence-electron chi connectivity index (χ1n) is 6.67. The third-order valence-corrected chi connectivity index (χ3v) is 6.63. The average molecular weight is 405 g/mol. The van der Waals surface area contributed by atoms with Gasteiger partial charge >= 0.3 is 0 Å². The van der Waals surface area contributed by atoms with Crippen LogP contribution in [-0.4, -0.2) is 35.1 Å². The zero-order valence-electron chi connectivity index (χ0n) is 13.1. The molecule has 0 aliphatic carbocycles. The smallest absolute Gasteiger partial charge is 0.269 e. The molecule has 134 valence electrons. The lowest BCUT2D eigenvalue weighted by atomic mass is 10.3. The van der Waals surface area contributed by atoms with Crippen LogP contribution in [0.5, 0.6) is 0 Å². The van der Waals surface area contributed by atoms with Crippen molar-refractivity contribution in [2.45, 2.75) is 9.79 Å². The predicted octanol–water partition coefficient (Wildman–Crippen LogP) is 2.48. The maximum atomic E-state index is 12.6. The van der Waals surface area contributed by atoms with Gasteiger partial charge in [-0.2, -0.15) is 0 Å². The third kappa shape index (κ3) is 3.91. The molecule has 0 atom stereocenters. The molecule has 0 aliphatic rings. The Kier molecular flexibility index (Phi) is 5.07. The molecule has 11 heteroatoms. The molecule has 0 spiro atoms. The average Bonchev–Trinajstić information content (AvgIpc) is 2.53. The number of halogens is 1. The van der Waals surface area contributed by atoms with Crippen LogP contribution in [0.1, 0.15) is 0 Å². The molecule has 0 aliphatic heterocycles. The van der Waals surface area contributed by atoms with E-state index in [1.807, 2.05) is 0 Å². The molecule has 0 saturated heterocycles. The van der Waals surface area contributed by atoms with Crippen molar-refractivity contribution in [3.8, 4) is 0 Å². The van der Waals surface area contributed by atoms with Gasteiger partial charge in [0, 0.05) is 19.4 Å². The molecule has 0 heterocycles. The molecule has 0 saturated carbocycles. The van der Waals surface area contributed by atoms with E-state index in [1.54, 1.807) is 0 Å².